The molecule has 0 saturated carbocycles. The topological polar surface area (TPSA) is 199 Å². The molecule has 0 bridgehead atoms. The highest BCUT2D eigenvalue weighted by Gasteiger charge is 2.37. The standard InChI is InChI=1S/C23H23ClN6O2.C16H18N6O2.C7H6Cl2/c1-23(2,3)14-30-18(8-16-10-26-19(9-25)27-21(16)30)12-29-20(31)13-28(22(29)32)11-15-4-6-17(24)7-5-15;1-16(2,3)9-22-11(8-21-13(23)7-19-15(21)24)4-10-6-18-12(5-17)20-14(10)22;8-5-6-1-3-7(9)4-2-6/h4-8,10H,11-14H2,1-3H3;4,6H,7-9H2,1-3H3,(H,19,24);1-4H,5H2. The third-order valence-electron chi connectivity index (χ3n) is 9.97. The molecule has 2 aliphatic heterocycles. The molecule has 0 spiro atoms. The number of carbonyl (C=O) groups is 4. The molecule has 6 heterocycles. The van der Waals surface area contributed by atoms with Gasteiger partial charge in [-0.25, -0.2) is 29.5 Å². The first-order chi connectivity index (χ1) is 30.7. The summed E-state index contributed by atoms with van der Waals surface area (Å²) in [4.78, 5) is 70.1. The first kappa shape index (κ1) is 47.9. The molecule has 1 N–H and O–H groups in total. The summed E-state index contributed by atoms with van der Waals surface area (Å²) >= 11 is 17.1. The Morgan fingerprint density at radius 3 is 1.54 bits per heavy atom. The van der Waals surface area contributed by atoms with Gasteiger partial charge in [-0.2, -0.15) is 10.5 Å². The molecule has 0 unspecified atom stereocenters. The lowest BCUT2D eigenvalue weighted by atomic mass is 9.97. The molecule has 2 aliphatic rings. The number of benzene rings is 2. The van der Waals surface area contributed by atoms with E-state index in [0.717, 1.165) is 38.3 Å². The lowest BCUT2D eigenvalue weighted by Crippen LogP contribution is -2.33. The van der Waals surface area contributed by atoms with Gasteiger partial charge in [0.2, 0.25) is 17.6 Å². The van der Waals surface area contributed by atoms with E-state index in [1.165, 1.54) is 14.7 Å². The van der Waals surface area contributed by atoms with Crippen molar-refractivity contribution in [1.29, 1.82) is 10.5 Å². The van der Waals surface area contributed by atoms with Gasteiger partial charge < -0.3 is 19.4 Å². The summed E-state index contributed by atoms with van der Waals surface area (Å²) in [7, 11) is 0. The zero-order chi connectivity index (χ0) is 47.2. The largest absolute Gasteiger partial charge is 0.329 e. The van der Waals surface area contributed by atoms with E-state index >= 15 is 0 Å². The van der Waals surface area contributed by atoms with Crippen LogP contribution in [0.4, 0.5) is 9.59 Å². The number of fused-ring (bicyclic) bond motifs is 2. The summed E-state index contributed by atoms with van der Waals surface area (Å²) in [5.41, 5.74) is 4.69. The quantitative estimate of drug-likeness (QED) is 0.108. The zero-order valence-corrected chi connectivity index (χ0v) is 39.0. The fourth-order valence-electron chi connectivity index (χ4n) is 7.05. The lowest BCUT2D eigenvalue weighted by molar-refractivity contribution is -0.126. The predicted molar refractivity (Wildman–Crippen MR) is 246 cm³/mol. The van der Waals surface area contributed by atoms with Crippen molar-refractivity contribution < 1.29 is 19.2 Å². The van der Waals surface area contributed by atoms with E-state index in [2.05, 4.69) is 66.8 Å². The van der Waals surface area contributed by atoms with E-state index in [9.17, 15) is 24.4 Å². The Morgan fingerprint density at radius 2 is 1.12 bits per heavy atom. The van der Waals surface area contributed by atoms with Gasteiger partial charge >= 0.3 is 12.1 Å². The monoisotopic (exact) mass is 936 g/mol. The Balaban J connectivity index is 0.000000186. The molecule has 6 amide bonds. The Kier molecular flexibility index (Phi) is 14.8. The Hall–Kier alpha value is -6.59. The predicted octanol–water partition coefficient (Wildman–Crippen LogP) is 8.45. The number of hydrogen-bond acceptors (Lipinski definition) is 10. The highest BCUT2D eigenvalue weighted by molar-refractivity contribution is 6.30. The van der Waals surface area contributed by atoms with Crippen molar-refractivity contribution in [2.45, 2.75) is 80.1 Å². The summed E-state index contributed by atoms with van der Waals surface area (Å²) in [6.45, 7) is 14.5. The number of urea groups is 2. The molecule has 65 heavy (non-hydrogen) atoms. The molecule has 8 rings (SSSR count). The molecule has 336 valence electrons. The molecule has 19 heteroatoms. The van der Waals surface area contributed by atoms with Crippen molar-refractivity contribution in [3.8, 4) is 12.1 Å². The van der Waals surface area contributed by atoms with Gasteiger partial charge in [0.1, 0.15) is 30.0 Å². The van der Waals surface area contributed by atoms with E-state index < -0.39 is 6.03 Å². The molecule has 0 atom stereocenters. The second-order valence-electron chi connectivity index (χ2n) is 17.9. The normalized spacial score (nSPS) is 14.0. The number of alkyl halides is 1. The first-order valence-corrected chi connectivity index (χ1v) is 21.8. The molecule has 0 radical (unpaired) electrons. The number of rotatable bonds is 9. The first-order valence-electron chi connectivity index (χ1n) is 20.5. The minimum Gasteiger partial charge on any atom is -0.329 e. The van der Waals surface area contributed by atoms with Gasteiger partial charge in [0, 0.05) is 70.1 Å². The molecular formula is C46H47Cl3N12O4. The van der Waals surface area contributed by atoms with E-state index in [0.29, 0.717) is 41.8 Å². The van der Waals surface area contributed by atoms with Gasteiger partial charge in [-0.05, 0) is 58.4 Å². The second-order valence-corrected chi connectivity index (χ2v) is 19.0. The third kappa shape index (κ3) is 12.2. The summed E-state index contributed by atoms with van der Waals surface area (Å²) in [6.07, 6.45) is 3.19. The molecule has 16 nitrogen and oxygen atoms in total. The lowest BCUT2D eigenvalue weighted by Gasteiger charge is -2.23. The van der Waals surface area contributed by atoms with Gasteiger partial charge in [0.25, 0.3) is 5.91 Å². The SMILES string of the molecule is CC(C)(C)Cn1c(CN2C(=O)CN(Cc3ccc(Cl)cc3)C2=O)cc2cnc(C#N)nc21.CC(C)(C)Cn1c(CN2C(=O)CNC2=O)cc2cnc(C#N)nc21.ClCc1ccc(Cl)cc1. The summed E-state index contributed by atoms with van der Waals surface area (Å²) in [5.74, 6) is 0.228. The van der Waals surface area contributed by atoms with Crippen LogP contribution in [0.2, 0.25) is 10.0 Å². The average Bonchev–Trinajstić information content (AvgIpc) is 3.96. The van der Waals surface area contributed by atoms with Crippen molar-refractivity contribution in [3.05, 3.63) is 117 Å². The number of carbonyl (C=O) groups excluding carboxylic acids is 4. The van der Waals surface area contributed by atoms with Crippen LogP contribution in [0, 0.1) is 33.5 Å². The number of amides is 6. The Labute approximate surface area is 391 Å². The Morgan fingerprint density at radius 1 is 0.662 bits per heavy atom. The van der Waals surface area contributed by atoms with Gasteiger partial charge in [0.15, 0.2) is 0 Å². The maximum Gasteiger partial charge on any atom is 0.327 e. The van der Waals surface area contributed by atoms with Crippen LogP contribution in [0.3, 0.4) is 0 Å². The van der Waals surface area contributed by atoms with Crippen LogP contribution in [0.15, 0.2) is 73.1 Å². The van der Waals surface area contributed by atoms with Crippen molar-refractivity contribution >= 4 is 80.7 Å². The minimum absolute atomic E-state index is 0.0245. The molecule has 2 saturated heterocycles. The fourth-order valence-corrected chi connectivity index (χ4v) is 7.48. The maximum atomic E-state index is 13.0. The van der Waals surface area contributed by atoms with Crippen LogP contribution in [0.5, 0.6) is 0 Å². The van der Waals surface area contributed by atoms with Crippen molar-refractivity contribution in [3.63, 3.8) is 0 Å². The van der Waals surface area contributed by atoms with E-state index in [-0.39, 0.29) is 66.5 Å². The van der Waals surface area contributed by atoms with Crippen LogP contribution in [-0.2, 0) is 48.2 Å². The fraction of sp³-hybridized carbons (Fsp3) is 0.348. The number of halogens is 3. The van der Waals surface area contributed by atoms with E-state index in [4.69, 9.17) is 40.1 Å². The molecule has 0 aliphatic carbocycles. The van der Waals surface area contributed by atoms with Gasteiger partial charge in [-0.15, -0.1) is 11.6 Å². The van der Waals surface area contributed by atoms with Gasteiger partial charge in [-0.1, -0.05) is 89.0 Å². The highest BCUT2D eigenvalue weighted by Crippen LogP contribution is 2.28. The van der Waals surface area contributed by atoms with E-state index in [1.54, 1.807) is 24.5 Å². The van der Waals surface area contributed by atoms with Crippen LogP contribution < -0.4 is 5.32 Å². The molecule has 4 aromatic heterocycles. The molecule has 2 fully saturated rings. The van der Waals surface area contributed by atoms with Crippen LogP contribution >= 0.6 is 34.8 Å². The second kappa shape index (κ2) is 20.1. The van der Waals surface area contributed by atoms with Crippen molar-refractivity contribution in [2.24, 2.45) is 10.8 Å². The number of aromatic nitrogens is 6. The van der Waals surface area contributed by atoms with Crippen LogP contribution in [0.25, 0.3) is 22.1 Å². The third-order valence-corrected chi connectivity index (χ3v) is 10.8. The summed E-state index contributed by atoms with van der Waals surface area (Å²) in [6, 6.07) is 21.6. The summed E-state index contributed by atoms with van der Waals surface area (Å²) < 4.78 is 3.93. The zero-order valence-electron chi connectivity index (χ0n) is 36.8. The van der Waals surface area contributed by atoms with Crippen LogP contribution in [0.1, 0.15) is 75.7 Å². The molecular weight excluding hydrogens is 891 g/mol. The van der Waals surface area contributed by atoms with Crippen molar-refractivity contribution in [2.75, 3.05) is 13.1 Å². The minimum atomic E-state index is -0.392. The van der Waals surface area contributed by atoms with Gasteiger partial charge in [-0.3, -0.25) is 19.4 Å². The molecule has 2 aromatic carbocycles. The summed E-state index contributed by atoms with van der Waals surface area (Å²) in [5, 5.41) is 23.7. The number of imide groups is 2. The molecule has 6 aromatic rings. The number of nitrogens with one attached hydrogen (secondary N) is 1. The van der Waals surface area contributed by atoms with Gasteiger partial charge in [0.05, 0.1) is 19.6 Å². The number of nitrogens with zero attached hydrogens (tertiary/aromatic N) is 11. The smallest absolute Gasteiger partial charge is 0.327 e. The number of hydrogen-bond donors (Lipinski definition) is 1. The van der Waals surface area contributed by atoms with Crippen molar-refractivity contribution in [1.82, 2.24) is 49.1 Å². The van der Waals surface area contributed by atoms with Crippen LogP contribution in [-0.4, -0.2) is 80.7 Å². The highest BCUT2D eigenvalue weighted by atomic mass is 35.5. The maximum absolute atomic E-state index is 13.0. The van der Waals surface area contributed by atoms with E-state index in [1.807, 2.05) is 69.8 Å². The Bertz CT molecular complexity index is 2820. The number of nitriles is 2. The average molecular weight is 938 g/mol.